The Morgan fingerprint density at radius 3 is 2.70 bits per heavy atom. The van der Waals surface area contributed by atoms with Gasteiger partial charge in [-0.05, 0) is 48.4 Å². The number of nitrogens with zero attached hydrogens (tertiary/aromatic N) is 1. The standard InChI is InChI=1S/C21H17Cl2N3O3S/c1-12-4-3-5-16(23)19(12)26-20(28)17-11-24-21(30-17)25-18(27)7-6-13-8-14(22)10-15(9-13)29-2/h3-11H,1-2H3,(H,26,28)(H,24,25,27)/b7-6+. The molecule has 154 valence electrons. The molecule has 0 atom stereocenters. The van der Waals surface area contributed by atoms with E-state index in [4.69, 9.17) is 27.9 Å². The second kappa shape index (κ2) is 9.75. The third-order valence-electron chi connectivity index (χ3n) is 3.98. The predicted molar refractivity (Wildman–Crippen MR) is 122 cm³/mol. The maximum absolute atomic E-state index is 12.5. The highest BCUT2D eigenvalue weighted by Gasteiger charge is 2.14. The van der Waals surface area contributed by atoms with E-state index in [1.54, 1.807) is 36.4 Å². The average Bonchev–Trinajstić information content (AvgIpc) is 3.17. The molecule has 1 heterocycles. The van der Waals surface area contributed by atoms with Gasteiger partial charge in [0.25, 0.3) is 5.91 Å². The number of thiazole rings is 1. The van der Waals surface area contributed by atoms with Crippen LogP contribution < -0.4 is 15.4 Å². The topological polar surface area (TPSA) is 80.3 Å². The molecule has 0 saturated heterocycles. The number of anilines is 2. The Morgan fingerprint density at radius 2 is 1.97 bits per heavy atom. The highest BCUT2D eigenvalue weighted by molar-refractivity contribution is 7.17. The van der Waals surface area contributed by atoms with Gasteiger partial charge in [0.15, 0.2) is 5.13 Å². The number of halogens is 2. The number of benzene rings is 2. The fourth-order valence-electron chi connectivity index (χ4n) is 2.52. The molecular formula is C21H17Cl2N3O3S. The van der Waals surface area contributed by atoms with E-state index in [1.807, 2.05) is 13.0 Å². The molecule has 0 aliphatic heterocycles. The number of hydrogen-bond acceptors (Lipinski definition) is 5. The molecule has 2 aromatic carbocycles. The maximum Gasteiger partial charge on any atom is 0.267 e. The van der Waals surface area contributed by atoms with Crippen molar-refractivity contribution in [2.75, 3.05) is 17.7 Å². The Kier molecular flexibility index (Phi) is 7.10. The van der Waals surface area contributed by atoms with Gasteiger partial charge in [0.2, 0.25) is 5.91 Å². The molecule has 0 saturated carbocycles. The Hall–Kier alpha value is -2.87. The third-order valence-corrected chi connectivity index (χ3v) is 5.42. The lowest BCUT2D eigenvalue weighted by Crippen LogP contribution is -2.11. The molecule has 6 nitrogen and oxygen atoms in total. The van der Waals surface area contributed by atoms with Crippen LogP contribution in [0.3, 0.4) is 0 Å². The van der Waals surface area contributed by atoms with Gasteiger partial charge in [0.1, 0.15) is 10.6 Å². The minimum atomic E-state index is -0.391. The van der Waals surface area contributed by atoms with Crippen molar-refractivity contribution in [2.24, 2.45) is 0 Å². The van der Waals surface area contributed by atoms with Crippen molar-refractivity contribution < 1.29 is 14.3 Å². The van der Waals surface area contributed by atoms with Crippen molar-refractivity contribution >= 4 is 63.2 Å². The highest BCUT2D eigenvalue weighted by Crippen LogP contribution is 2.27. The molecule has 0 aliphatic carbocycles. The van der Waals surface area contributed by atoms with E-state index in [2.05, 4.69) is 15.6 Å². The summed E-state index contributed by atoms with van der Waals surface area (Å²) in [5, 5.41) is 6.65. The van der Waals surface area contributed by atoms with Crippen molar-refractivity contribution in [3.05, 3.63) is 74.7 Å². The van der Waals surface area contributed by atoms with Crippen LogP contribution in [-0.4, -0.2) is 23.9 Å². The van der Waals surface area contributed by atoms with Crippen LogP contribution in [0.25, 0.3) is 6.08 Å². The first kappa shape index (κ1) is 21.8. The van der Waals surface area contributed by atoms with E-state index in [9.17, 15) is 9.59 Å². The van der Waals surface area contributed by atoms with E-state index in [0.717, 1.165) is 16.9 Å². The molecule has 0 bridgehead atoms. The number of methoxy groups -OCH3 is 1. The maximum atomic E-state index is 12.5. The van der Waals surface area contributed by atoms with Gasteiger partial charge in [-0.15, -0.1) is 0 Å². The van der Waals surface area contributed by atoms with Crippen molar-refractivity contribution in [1.82, 2.24) is 4.98 Å². The van der Waals surface area contributed by atoms with Gasteiger partial charge >= 0.3 is 0 Å². The normalized spacial score (nSPS) is 10.8. The number of para-hydroxylation sites is 1. The van der Waals surface area contributed by atoms with Crippen LogP contribution in [0.5, 0.6) is 5.75 Å². The van der Waals surface area contributed by atoms with Crippen molar-refractivity contribution in [3.8, 4) is 5.75 Å². The van der Waals surface area contributed by atoms with E-state index < -0.39 is 5.91 Å². The van der Waals surface area contributed by atoms with Gasteiger partial charge in [-0.25, -0.2) is 4.98 Å². The van der Waals surface area contributed by atoms with Gasteiger partial charge in [-0.2, -0.15) is 0 Å². The molecule has 0 aliphatic rings. The first-order chi connectivity index (χ1) is 14.4. The summed E-state index contributed by atoms with van der Waals surface area (Å²) in [5.41, 5.74) is 2.10. The molecule has 0 radical (unpaired) electrons. The number of carbonyl (C=O) groups excluding carboxylic acids is 2. The number of amides is 2. The van der Waals surface area contributed by atoms with Crippen LogP contribution in [0.15, 0.2) is 48.7 Å². The molecule has 1 aromatic heterocycles. The van der Waals surface area contributed by atoms with Crippen LogP contribution in [-0.2, 0) is 4.79 Å². The van der Waals surface area contributed by atoms with Gasteiger partial charge < -0.3 is 10.1 Å². The molecule has 3 rings (SSSR count). The Morgan fingerprint density at radius 1 is 1.17 bits per heavy atom. The van der Waals surface area contributed by atoms with Crippen LogP contribution in [0.4, 0.5) is 10.8 Å². The van der Waals surface area contributed by atoms with E-state index >= 15 is 0 Å². The fraction of sp³-hybridized carbons (Fsp3) is 0.0952. The van der Waals surface area contributed by atoms with Gasteiger partial charge in [0.05, 0.1) is 24.0 Å². The Balaban J connectivity index is 1.64. The summed E-state index contributed by atoms with van der Waals surface area (Å²) in [7, 11) is 1.54. The number of hydrogen-bond donors (Lipinski definition) is 2. The zero-order valence-electron chi connectivity index (χ0n) is 16.0. The molecule has 2 N–H and O–H groups in total. The molecule has 0 unspecified atom stereocenters. The Bertz CT molecular complexity index is 1110. The zero-order valence-corrected chi connectivity index (χ0v) is 18.4. The lowest BCUT2D eigenvalue weighted by molar-refractivity contribution is -0.111. The molecule has 0 fully saturated rings. The quantitative estimate of drug-likeness (QED) is 0.463. The number of ether oxygens (including phenoxy) is 1. The van der Waals surface area contributed by atoms with Crippen LogP contribution in [0.2, 0.25) is 10.0 Å². The minimum absolute atomic E-state index is 0.300. The number of rotatable bonds is 6. The molecule has 9 heteroatoms. The minimum Gasteiger partial charge on any atom is -0.497 e. The van der Waals surface area contributed by atoms with Crippen LogP contribution in [0, 0.1) is 6.92 Å². The largest absolute Gasteiger partial charge is 0.497 e. The lowest BCUT2D eigenvalue weighted by atomic mass is 10.2. The van der Waals surface area contributed by atoms with Gasteiger partial charge in [-0.1, -0.05) is 46.7 Å². The summed E-state index contributed by atoms with van der Waals surface area (Å²) in [5.74, 6) is -0.158. The molecular weight excluding hydrogens is 445 g/mol. The second-order valence-corrected chi connectivity index (χ2v) is 8.04. The van der Waals surface area contributed by atoms with Crippen molar-refractivity contribution in [1.29, 1.82) is 0 Å². The fourth-order valence-corrected chi connectivity index (χ4v) is 3.74. The summed E-state index contributed by atoms with van der Waals surface area (Å²) in [6, 6.07) is 10.5. The lowest BCUT2D eigenvalue weighted by Gasteiger charge is -2.08. The summed E-state index contributed by atoms with van der Waals surface area (Å²) in [6.07, 6.45) is 4.35. The Labute approximate surface area is 187 Å². The van der Waals surface area contributed by atoms with Gasteiger partial charge in [0, 0.05) is 11.1 Å². The molecule has 3 aromatic rings. The first-order valence-corrected chi connectivity index (χ1v) is 10.3. The number of nitrogens with one attached hydrogen (secondary N) is 2. The summed E-state index contributed by atoms with van der Waals surface area (Å²) in [4.78, 5) is 29.1. The average molecular weight is 462 g/mol. The van der Waals surface area contributed by atoms with Crippen molar-refractivity contribution in [2.45, 2.75) is 6.92 Å². The third kappa shape index (κ3) is 5.60. The van der Waals surface area contributed by atoms with Gasteiger partial charge in [-0.3, -0.25) is 14.9 Å². The zero-order chi connectivity index (χ0) is 21.7. The molecule has 0 spiro atoms. The monoisotopic (exact) mass is 461 g/mol. The molecule has 2 amide bonds. The van der Waals surface area contributed by atoms with Crippen LogP contribution >= 0.6 is 34.5 Å². The highest BCUT2D eigenvalue weighted by atomic mass is 35.5. The van der Waals surface area contributed by atoms with E-state index in [0.29, 0.717) is 37.1 Å². The number of carbonyl (C=O) groups is 2. The number of aromatic nitrogens is 1. The SMILES string of the molecule is COc1cc(Cl)cc(/C=C/C(=O)Nc2ncc(C(=O)Nc3c(C)cccc3Cl)s2)c1. The number of aryl methyl sites for hydroxylation is 1. The van der Waals surface area contributed by atoms with Crippen LogP contribution in [0.1, 0.15) is 20.8 Å². The molecule has 30 heavy (non-hydrogen) atoms. The smallest absolute Gasteiger partial charge is 0.267 e. The summed E-state index contributed by atoms with van der Waals surface area (Å²) >= 11 is 13.2. The summed E-state index contributed by atoms with van der Waals surface area (Å²) < 4.78 is 5.15. The first-order valence-electron chi connectivity index (χ1n) is 8.71. The second-order valence-electron chi connectivity index (χ2n) is 6.16. The predicted octanol–water partition coefficient (Wildman–Crippen LogP) is 5.67. The van der Waals surface area contributed by atoms with Crippen molar-refractivity contribution in [3.63, 3.8) is 0 Å². The summed E-state index contributed by atoms with van der Waals surface area (Å²) in [6.45, 7) is 1.85. The van der Waals surface area contributed by atoms with E-state index in [1.165, 1.54) is 19.4 Å². The van der Waals surface area contributed by atoms with E-state index in [-0.39, 0.29) is 5.91 Å².